The monoisotopic (exact) mass is 262 g/mol. The van der Waals surface area contributed by atoms with Crippen LogP contribution in [0.15, 0.2) is 64.8 Å². The maximum absolute atomic E-state index is 12.7. The summed E-state index contributed by atoms with van der Waals surface area (Å²) in [5.74, 6) is 0. The first kappa shape index (κ1) is 10.7. The summed E-state index contributed by atoms with van der Waals surface area (Å²) in [7, 11) is 0. The quantitative estimate of drug-likeness (QED) is 0.454. The maximum atomic E-state index is 12.7. The molecule has 0 saturated carbocycles. The Morgan fingerprint density at radius 3 is 1.89 bits per heavy atom. The van der Waals surface area contributed by atoms with E-state index in [2.05, 4.69) is 11.4 Å². The molecule has 90 valence electrons. The fraction of sp³-hybridized carbons (Fsp3) is 0. The van der Waals surface area contributed by atoms with Crippen LogP contribution in [0.4, 0.5) is 0 Å². The molecule has 0 unspecified atom stereocenters. The predicted molar refractivity (Wildman–Crippen MR) is 83.1 cm³/mol. The summed E-state index contributed by atoms with van der Waals surface area (Å²) in [5.41, 5.74) is 0.120. The lowest BCUT2D eigenvalue weighted by molar-refractivity contribution is 1.75. The molecule has 4 rings (SSSR count). The molecule has 4 aromatic rings. The highest BCUT2D eigenvalue weighted by Gasteiger charge is 2.08. The van der Waals surface area contributed by atoms with Gasteiger partial charge >= 0.3 is 0 Å². The van der Waals surface area contributed by atoms with E-state index in [-0.39, 0.29) is 5.43 Å². The number of hydrogen-bond acceptors (Lipinski definition) is 2. The van der Waals surface area contributed by atoms with E-state index >= 15 is 0 Å². The molecule has 3 aromatic carbocycles. The first-order chi connectivity index (χ1) is 9.36. The van der Waals surface area contributed by atoms with Gasteiger partial charge < -0.3 is 0 Å². The van der Waals surface area contributed by atoms with Crippen LogP contribution >= 0.6 is 11.3 Å². The van der Waals surface area contributed by atoms with Crippen LogP contribution in [0.5, 0.6) is 0 Å². The van der Waals surface area contributed by atoms with Gasteiger partial charge in [0.25, 0.3) is 0 Å². The Kier molecular flexibility index (Phi) is 2.20. The Bertz CT molecular complexity index is 906. The van der Waals surface area contributed by atoms with Gasteiger partial charge in [-0.1, -0.05) is 48.5 Å². The lowest BCUT2D eigenvalue weighted by Crippen LogP contribution is -1.97. The molecule has 0 fully saturated rings. The molecule has 0 aliphatic carbocycles. The molecule has 0 aliphatic heterocycles. The molecule has 1 aromatic heterocycles. The fourth-order valence-corrected chi connectivity index (χ4v) is 3.62. The van der Waals surface area contributed by atoms with Crippen molar-refractivity contribution in [2.45, 2.75) is 0 Å². The molecule has 1 nitrogen and oxygen atoms in total. The van der Waals surface area contributed by atoms with Crippen LogP contribution in [0, 0.1) is 0 Å². The van der Waals surface area contributed by atoms with Crippen LogP contribution in [0.2, 0.25) is 0 Å². The first-order valence-electron chi connectivity index (χ1n) is 6.17. The van der Waals surface area contributed by atoms with Crippen molar-refractivity contribution in [1.82, 2.24) is 0 Å². The van der Waals surface area contributed by atoms with E-state index in [1.807, 2.05) is 48.5 Å². The Morgan fingerprint density at radius 1 is 0.632 bits per heavy atom. The van der Waals surface area contributed by atoms with Gasteiger partial charge in [-0.25, -0.2) is 0 Å². The SMILES string of the molecule is O=c1c2ccccc2c2ccsc2c2ccccc12. The van der Waals surface area contributed by atoms with Gasteiger partial charge in [0.1, 0.15) is 0 Å². The Balaban J connectivity index is 2.55. The van der Waals surface area contributed by atoms with Gasteiger partial charge in [0, 0.05) is 26.2 Å². The minimum absolute atomic E-state index is 0.120. The largest absolute Gasteiger partial charge is 0.289 e. The first-order valence-corrected chi connectivity index (χ1v) is 7.05. The van der Waals surface area contributed by atoms with E-state index in [9.17, 15) is 4.79 Å². The fourth-order valence-electron chi connectivity index (χ4n) is 2.67. The van der Waals surface area contributed by atoms with Gasteiger partial charge in [-0.15, -0.1) is 11.3 Å². The summed E-state index contributed by atoms with van der Waals surface area (Å²) in [5, 5.41) is 6.95. The zero-order chi connectivity index (χ0) is 12.8. The molecular formula is C17H10OS. The topological polar surface area (TPSA) is 17.1 Å². The second-order valence-electron chi connectivity index (χ2n) is 4.58. The molecule has 19 heavy (non-hydrogen) atoms. The summed E-state index contributed by atoms with van der Waals surface area (Å²) in [6.07, 6.45) is 0. The summed E-state index contributed by atoms with van der Waals surface area (Å²) in [6.45, 7) is 0. The number of benzene rings is 2. The second-order valence-corrected chi connectivity index (χ2v) is 5.50. The van der Waals surface area contributed by atoms with Crippen LogP contribution < -0.4 is 5.43 Å². The molecule has 0 amide bonds. The third-order valence-electron chi connectivity index (χ3n) is 3.54. The highest BCUT2D eigenvalue weighted by atomic mass is 32.1. The van der Waals surface area contributed by atoms with Gasteiger partial charge in [-0.3, -0.25) is 4.79 Å². The van der Waals surface area contributed by atoms with Crippen LogP contribution in [0.3, 0.4) is 0 Å². The van der Waals surface area contributed by atoms with Gasteiger partial charge in [0.2, 0.25) is 0 Å². The molecule has 2 heteroatoms. The van der Waals surface area contributed by atoms with Gasteiger partial charge in [-0.2, -0.15) is 0 Å². The van der Waals surface area contributed by atoms with Crippen molar-refractivity contribution in [2.75, 3.05) is 0 Å². The van der Waals surface area contributed by atoms with E-state index < -0.39 is 0 Å². The normalized spacial score (nSPS) is 11.4. The van der Waals surface area contributed by atoms with E-state index in [4.69, 9.17) is 0 Å². The summed E-state index contributed by atoms with van der Waals surface area (Å²) < 4.78 is 1.19. The average Bonchev–Trinajstić information content (AvgIpc) is 2.92. The molecule has 0 atom stereocenters. The van der Waals surface area contributed by atoms with Crippen molar-refractivity contribution in [3.8, 4) is 0 Å². The average molecular weight is 262 g/mol. The molecule has 0 bridgehead atoms. The number of rotatable bonds is 0. The highest BCUT2D eigenvalue weighted by molar-refractivity contribution is 7.18. The lowest BCUT2D eigenvalue weighted by atomic mass is 10.1. The molecule has 0 saturated heterocycles. The summed E-state index contributed by atoms with van der Waals surface area (Å²) in [6, 6.07) is 17.8. The smallest absolute Gasteiger partial charge is 0.194 e. The molecule has 0 aliphatic rings. The minimum Gasteiger partial charge on any atom is -0.289 e. The van der Waals surface area contributed by atoms with E-state index in [1.165, 1.54) is 10.1 Å². The van der Waals surface area contributed by atoms with Gasteiger partial charge in [0.05, 0.1) is 0 Å². The van der Waals surface area contributed by atoms with Crippen LogP contribution in [-0.4, -0.2) is 0 Å². The van der Waals surface area contributed by atoms with Crippen LogP contribution in [0.25, 0.3) is 31.6 Å². The molecule has 0 N–H and O–H groups in total. The Morgan fingerprint density at radius 2 is 1.16 bits per heavy atom. The highest BCUT2D eigenvalue weighted by Crippen LogP contribution is 2.31. The van der Waals surface area contributed by atoms with Crippen molar-refractivity contribution >= 4 is 43.0 Å². The van der Waals surface area contributed by atoms with Crippen molar-refractivity contribution in [1.29, 1.82) is 0 Å². The van der Waals surface area contributed by atoms with E-state index in [1.54, 1.807) is 11.3 Å². The molecule has 0 radical (unpaired) electrons. The van der Waals surface area contributed by atoms with Crippen LogP contribution in [-0.2, 0) is 0 Å². The molecular weight excluding hydrogens is 252 g/mol. The van der Waals surface area contributed by atoms with Crippen LogP contribution in [0.1, 0.15) is 0 Å². The van der Waals surface area contributed by atoms with Crippen molar-refractivity contribution in [3.05, 3.63) is 70.2 Å². The zero-order valence-corrected chi connectivity index (χ0v) is 10.9. The van der Waals surface area contributed by atoms with E-state index in [0.717, 1.165) is 21.5 Å². The maximum Gasteiger partial charge on any atom is 0.194 e. The Labute approximate surface area is 113 Å². The number of fused-ring (bicyclic) bond motifs is 5. The third-order valence-corrected chi connectivity index (χ3v) is 4.49. The third kappa shape index (κ3) is 1.44. The van der Waals surface area contributed by atoms with Crippen molar-refractivity contribution in [2.24, 2.45) is 0 Å². The molecule has 1 heterocycles. The zero-order valence-electron chi connectivity index (χ0n) is 10.1. The van der Waals surface area contributed by atoms with E-state index in [0.29, 0.717) is 0 Å². The Hall–Kier alpha value is -2.19. The van der Waals surface area contributed by atoms with Gasteiger partial charge in [-0.05, 0) is 16.8 Å². The van der Waals surface area contributed by atoms with Gasteiger partial charge in [0.15, 0.2) is 5.43 Å². The summed E-state index contributed by atoms with van der Waals surface area (Å²) in [4.78, 5) is 12.7. The predicted octanol–water partition coefficient (Wildman–Crippen LogP) is 4.57. The molecule has 0 spiro atoms. The van der Waals surface area contributed by atoms with Crippen molar-refractivity contribution in [3.63, 3.8) is 0 Å². The minimum atomic E-state index is 0.120. The standard InChI is InChI=1S/C17H10OS/c18-16-12-6-2-1-5-11(12)15-9-10-19-17(15)14-8-4-3-7-13(14)16/h1-10H. The number of hydrogen-bond donors (Lipinski definition) is 0. The number of thiophene rings is 1. The van der Waals surface area contributed by atoms with Crippen molar-refractivity contribution < 1.29 is 0 Å². The lowest BCUT2D eigenvalue weighted by Gasteiger charge is -1.91. The summed E-state index contributed by atoms with van der Waals surface area (Å²) >= 11 is 1.69. The second kappa shape index (κ2) is 3.90.